The number of nitrogen functional groups attached to an aromatic ring is 1. The number of quaternary nitrogens is 1. The molecule has 0 spiro atoms. The summed E-state index contributed by atoms with van der Waals surface area (Å²) in [7, 11) is 4.66. The van der Waals surface area contributed by atoms with Gasteiger partial charge in [-0.25, -0.2) is 0 Å². The van der Waals surface area contributed by atoms with Crippen molar-refractivity contribution in [3.63, 3.8) is 0 Å². The first kappa shape index (κ1) is 13.7. The molecule has 3 rings (SSSR count). The number of anilines is 2. The SMILES string of the molecule is C[N+]1(C)CCN(CCN2CCc3ccc(N)cc32)CC1. The van der Waals surface area contributed by atoms with Gasteiger partial charge in [0.15, 0.2) is 0 Å². The fourth-order valence-corrected chi connectivity index (χ4v) is 3.23. The zero-order valence-corrected chi connectivity index (χ0v) is 12.8. The molecule has 0 amide bonds. The van der Waals surface area contributed by atoms with Gasteiger partial charge in [-0.1, -0.05) is 6.07 Å². The highest BCUT2D eigenvalue weighted by Crippen LogP contribution is 2.29. The number of hydrogen-bond donors (Lipinski definition) is 1. The summed E-state index contributed by atoms with van der Waals surface area (Å²) in [5, 5.41) is 0. The van der Waals surface area contributed by atoms with Gasteiger partial charge in [0.2, 0.25) is 0 Å². The van der Waals surface area contributed by atoms with Crippen LogP contribution in [-0.2, 0) is 6.42 Å². The van der Waals surface area contributed by atoms with E-state index < -0.39 is 0 Å². The quantitative estimate of drug-likeness (QED) is 0.660. The van der Waals surface area contributed by atoms with Crippen molar-refractivity contribution in [1.29, 1.82) is 0 Å². The molecule has 1 fully saturated rings. The Morgan fingerprint density at radius 1 is 1.10 bits per heavy atom. The number of piperazine rings is 1. The smallest absolute Gasteiger partial charge is 0.0912 e. The maximum atomic E-state index is 5.92. The number of fused-ring (bicyclic) bond motifs is 1. The van der Waals surface area contributed by atoms with Gasteiger partial charge in [-0.3, -0.25) is 4.90 Å². The van der Waals surface area contributed by atoms with Crippen LogP contribution in [0.15, 0.2) is 18.2 Å². The van der Waals surface area contributed by atoms with Crippen molar-refractivity contribution in [3.05, 3.63) is 23.8 Å². The zero-order chi connectivity index (χ0) is 14.2. The summed E-state index contributed by atoms with van der Waals surface area (Å²) in [5.74, 6) is 0. The predicted molar refractivity (Wildman–Crippen MR) is 85.1 cm³/mol. The molecule has 0 aliphatic carbocycles. The van der Waals surface area contributed by atoms with Crippen LogP contribution in [0.2, 0.25) is 0 Å². The predicted octanol–water partition coefficient (Wildman–Crippen LogP) is 1.02. The minimum atomic E-state index is 0.882. The van der Waals surface area contributed by atoms with Gasteiger partial charge < -0.3 is 15.1 Å². The molecule has 20 heavy (non-hydrogen) atoms. The number of rotatable bonds is 3. The second-order valence-corrected chi connectivity index (χ2v) is 6.85. The first-order valence-electron chi connectivity index (χ1n) is 7.71. The number of nitrogens with zero attached hydrogens (tertiary/aromatic N) is 3. The second-order valence-electron chi connectivity index (χ2n) is 6.85. The highest BCUT2D eigenvalue weighted by Gasteiger charge is 2.25. The van der Waals surface area contributed by atoms with Gasteiger partial charge in [0.05, 0.1) is 27.2 Å². The third kappa shape index (κ3) is 2.91. The van der Waals surface area contributed by atoms with E-state index in [1.54, 1.807) is 0 Å². The highest BCUT2D eigenvalue weighted by molar-refractivity contribution is 5.64. The lowest BCUT2D eigenvalue weighted by atomic mass is 10.1. The molecule has 0 atom stereocenters. The molecule has 1 aromatic rings. The van der Waals surface area contributed by atoms with E-state index in [9.17, 15) is 0 Å². The highest BCUT2D eigenvalue weighted by atomic mass is 15.4. The Morgan fingerprint density at radius 3 is 2.60 bits per heavy atom. The molecule has 2 heterocycles. The summed E-state index contributed by atoms with van der Waals surface area (Å²) in [5.41, 5.74) is 9.62. The molecule has 0 radical (unpaired) electrons. The molecule has 0 bridgehead atoms. The van der Waals surface area contributed by atoms with Gasteiger partial charge in [-0.2, -0.15) is 0 Å². The minimum absolute atomic E-state index is 0.882. The molecular weight excluding hydrogens is 248 g/mol. The Morgan fingerprint density at radius 2 is 1.85 bits per heavy atom. The molecule has 0 saturated carbocycles. The lowest BCUT2D eigenvalue weighted by Crippen LogP contribution is -2.55. The molecule has 1 saturated heterocycles. The number of likely N-dealkylation sites (N-methyl/N-ethyl adjacent to an activating group) is 1. The number of nitrogens with two attached hydrogens (primary N) is 1. The number of hydrogen-bond acceptors (Lipinski definition) is 3. The molecule has 2 aliphatic heterocycles. The first-order valence-corrected chi connectivity index (χ1v) is 7.71. The fourth-order valence-electron chi connectivity index (χ4n) is 3.23. The van der Waals surface area contributed by atoms with Gasteiger partial charge >= 0.3 is 0 Å². The third-order valence-corrected chi connectivity index (χ3v) is 4.83. The summed E-state index contributed by atoms with van der Waals surface area (Å²) in [6, 6.07) is 6.34. The monoisotopic (exact) mass is 275 g/mol. The molecule has 2 aliphatic rings. The van der Waals surface area contributed by atoms with Crippen molar-refractivity contribution in [2.75, 3.05) is 70.5 Å². The van der Waals surface area contributed by atoms with Crippen LogP contribution < -0.4 is 10.6 Å². The zero-order valence-electron chi connectivity index (χ0n) is 12.8. The summed E-state index contributed by atoms with van der Waals surface area (Å²) >= 11 is 0. The summed E-state index contributed by atoms with van der Waals surface area (Å²) in [6.07, 6.45) is 1.17. The van der Waals surface area contributed by atoms with Crippen LogP contribution in [0, 0.1) is 0 Å². The lowest BCUT2D eigenvalue weighted by molar-refractivity contribution is -0.894. The van der Waals surface area contributed by atoms with Crippen molar-refractivity contribution < 1.29 is 4.48 Å². The normalized spacial score (nSPS) is 22.0. The van der Waals surface area contributed by atoms with Gasteiger partial charge in [0, 0.05) is 44.1 Å². The second kappa shape index (κ2) is 5.26. The summed E-state index contributed by atoms with van der Waals surface area (Å²) in [4.78, 5) is 5.11. The van der Waals surface area contributed by atoms with E-state index in [0.29, 0.717) is 0 Å². The van der Waals surface area contributed by atoms with Gasteiger partial charge in [0.1, 0.15) is 0 Å². The maximum Gasteiger partial charge on any atom is 0.0912 e. The van der Waals surface area contributed by atoms with E-state index in [2.05, 4.69) is 36.0 Å². The molecule has 0 unspecified atom stereocenters. The van der Waals surface area contributed by atoms with Crippen LogP contribution in [-0.4, -0.2) is 69.3 Å². The van der Waals surface area contributed by atoms with Crippen LogP contribution in [0.3, 0.4) is 0 Å². The molecule has 4 heteroatoms. The molecule has 4 nitrogen and oxygen atoms in total. The molecular formula is C16H27N4+. The van der Waals surface area contributed by atoms with E-state index >= 15 is 0 Å². The third-order valence-electron chi connectivity index (χ3n) is 4.83. The molecule has 0 aromatic heterocycles. The van der Waals surface area contributed by atoms with Crippen LogP contribution >= 0.6 is 0 Å². The van der Waals surface area contributed by atoms with Crippen molar-refractivity contribution in [1.82, 2.24) is 4.90 Å². The summed E-state index contributed by atoms with van der Waals surface area (Å²) < 4.78 is 1.17. The van der Waals surface area contributed by atoms with Crippen molar-refractivity contribution in [3.8, 4) is 0 Å². The average molecular weight is 275 g/mol. The topological polar surface area (TPSA) is 32.5 Å². The molecule has 2 N–H and O–H groups in total. The van der Waals surface area contributed by atoms with E-state index in [4.69, 9.17) is 5.73 Å². The van der Waals surface area contributed by atoms with Gasteiger partial charge in [0.25, 0.3) is 0 Å². The van der Waals surface area contributed by atoms with Gasteiger partial charge in [-0.05, 0) is 24.1 Å². The van der Waals surface area contributed by atoms with Crippen LogP contribution in [0.1, 0.15) is 5.56 Å². The minimum Gasteiger partial charge on any atom is -0.399 e. The van der Waals surface area contributed by atoms with E-state index in [1.807, 2.05) is 6.07 Å². The Labute approximate surface area is 122 Å². The first-order chi connectivity index (χ1) is 9.53. The van der Waals surface area contributed by atoms with Crippen molar-refractivity contribution >= 4 is 11.4 Å². The Bertz CT molecular complexity index is 473. The standard InChI is InChI=1S/C16H27N4/c1-20(2)11-9-18(10-12-20)7-8-19-6-5-14-3-4-15(17)13-16(14)19/h3-4,13H,5-12,17H2,1-2H3/q+1. The lowest BCUT2D eigenvalue weighted by Gasteiger charge is -2.39. The largest absolute Gasteiger partial charge is 0.399 e. The average Bonchev–Trinajstić information content (AvgIpc) is 2.80. The fraction of sp³-hybridized carbons (Fsp3) is 0.625. The van der Waals surface area contributed by atoms with E-state index in [1.165, 1.54) is 54.9 Å². The Balaban J connectivity index is 1.55. The Kier molecular flexibility index (Phi) is 3.61. The number of benzene rings is 1. The summed E-state index contributed by atoms with van der Waals surface area (Å²) in [6.45, 7) is 8.44. The van der Waals surface area contributed by atoms with Crippen LogP contribution in [0.4, 0.5) is 11.4 Å². The molecule has 1 aromatic carbocycles. The Hall–Kier alpha value is -1.26. The molecule has 110 valence electrons. The van der Waals surface area contributed by atoms with Gasteiger partial charge in [-0.15, -0.1) is 0 Å². The van der Waals surface area contributed by atoms with E-state index in [0.717, 1.165) is 18.8 Å². The van der Waals surface area contributed by atoms with Crippen molar-refractivity contribution in [2.24, 2.45) is 0 Å². The maximum absolute atomic E-state index is 5.92. The van der Waals surface area contributed by atoms with Crippen molar-refractivity contribution in [2.45, 2.75) is 6.42 Å². The van der Waals surface area contributed by atoms with Crippen LogP contribution in [0.25, 0.3) is 0 Å². The van der Waals surface area contributed by atoms with Crippen LogP contribution in [0.5, 0.6) is 0 Å². The van der Waals surface area contributed by atoms with E-state index in [-0.39, 0.29) is 0 Å².